The van der Waals surface area contributed by atoms with Crippen molar-refractivity contribution < 1.29 is 19.1 Å². The van der Waals surface area contributed by atoms with Gasteiger partial charge in [-0.15, -0.1) is 0 Å². The average molecular weight is 347 g/mol. The summed E-state index contributed by atoms with van der Waals surface area (Å²) in [6.45, 7) is 6.78. The standard InChI is InChI=1S/C18H25N3O4/c1-18(2,3)25-17(24)20-14-5-4-8-21(10-14)15-7-6-12(16(19)23)9-13(15)11-22/h6-7,9,11,14H,4-5,8,10H2,1-3H3,(H2,19,23)(H,20,24)/t14-/m0/s1. The van der Waals surface area contributed by atoms with Gasteiger partial charge in [-0.3, -0.25) is 9.59 Å². The van der Waals surface area contributed by atoms with E-state index in [0.29, 0.717) is 24.0 Å². The first-order valence-corrected chi connectivity index (χ1v) is 8.33. The number of amides is 2. The van der Waals surface area contributed by atoms with Gasteiger partial charge < -0.3 is 20.7 Å². The number of hydrogen-bond donors (Lipinski definition) is 2. The summed E-state index contributed by atoms with van der Waals surface area (Å²) >= 11 is 0. The fourth-order valence-electron chi connectivity index (χ4n) is 2.88. The molecular formula is C18H25N3O4. The van der Waals surface area contributed by atoms with Crippen LogP contribution in [-0.2, 0) is 4.74 Å². The summed E-state index contributed by atoms with van der Waals surface area (Å²) in [6, 6.07) is 4.75. The van der Waals surface area contributed by atoms with E-state index in [4.69, 9.17) is 10.5 Å². The summed E-state index contributed by atoms with van der Waals surface area (Å²) in [7, 11) is 0. The lowest BCUT2D eigenvalue weighted by Crippen LogP contribution is -2.49. The van der Waals surface area contributed by atoms with Crippen molar-refractivity contribution in [3.05, 3.63) is 29.3 Å². The molecule has 136 valence electrons. The Hall–Kier alpha value is -2.57. The largest absolute Gasteiger partial charge is 0.444 e. The van der Waals surface area contributed by atoms with E-state index in [0.717, 1.165) is 25.1 Å². The lowest BCUT2D eigenvalue weighted by Gasteiger charge is -2.35. The monoisotopic (exact) mass is 347 g/mol. The number of aldehydes is 1. The van der Waals surface area contributed by atoms with Crippen molar-refractivity contribution in [3.63, 3.8) is 0 Å². The zero-order chi connectivity index (χ0) is 18.6. The van der Waals surface area contributed by atoms with Gasteiger partial charge in [-0.25, -0.2) is 4.79 Å². The molecule has 0 bridgehead atoms. The van der Waals surface area contributed by atoms with Crippen LogP contribution in [0.3, 0.4) is 0 Å². The summed E-state index contributed by atoms with van der Waals surface area (Å²) in [5.74, 6) is -0.572. The van der Waals surface area contributed by atoms with Gasteiger partial charge in [0.15, 0.2) is 6.29 Å². The van der Waals surface area contributed by atoms with Crippen molar-refractivity contribution in [1.82, 2.24) is 5.32 Å². The molecule has 1 aliphatic rings. The molecule has 1 saturated heterocycles. The third-order valence-corrected chi connectivity index (χ3v) is 3.92. The highest BCUT2D eigenvalue weighted by Crippen LogP contribution is 2.24. The number of ether oxygens (including phenoxy) is 1. The van der Waals surface area contributed by atoms with Crippen molar-refractivity contribution in [1.29, 1.82) is 0 Å². The van der Waals surface area contributed by atoms with Gasteiger partial charge in [0.1, 0.15) is 5.60 Å². The maximum absolute atomic E-state index is 12.0. The van der Waals surface area contributed by atoms with E-state index in [2.05, 4.69) is 5.32 Å². The van der Waals surface area contributed by atoms with E-state index >= 15 is 0 Å². The van der Waals surface area contributed by atoms with Crippen LogP contribution in [0.25, 0.3) is 0 Å². The molecule has 2 rings (SSSR count). The summed E-state index contributed by atoms with van der Waals surface area (Å²) < 4.78 is 5.29. The molecule has 1 fully saturated rings. The first kappa shape index (κ1) is 18.8. The predicted molar refractivity (Wildman–Crippen MR) is 95.0 cm³/mol. The Morgan fingerprint density at radius 3 is 2.68 bits per heavy atom. The van der Waals surface area contributed by atoms with Crippen LogP contribution in [0.2, 0.25) is 0 Å². The Balaban J connectivity index is 2.09. The van der Waals surface area contributed by atoms with E-state index in [1.165, 1.54) is 6.07 Å². The lowest BCUT2D eigenvalue weighted by molar-refractivity contribution is 0.0499. The molecule has 1 aromatic rings. The van der Waals surface area contributed by atoms with Crippen LogP contribution in [0.5, 0.6) is 0 Å². The number of alkyl carbamates (subject to hydrolysis) is 1. The molecule has 0 radical (unpaired) electrons. The number of carbonyl (C=O) groups excluding carboxylic acids is 3. The number of carbonyl (C=O) groups is 3. The van der Waals surface area contributed by atoms with Gasteiger partial charge in [0.05, 0.1) is 0 Å². The molecule has 0 aliphatic carbocycles. The molecule has 1 aromatic carbocycles. The van der Waals surface area contributed by atoms with Crippen LogP contribution < -0.4 is 16.0 Å². The number of hydrogen-bond acceptors (Lipinski definition) is 5. The third-order valence-electron chi connectivity index (χ3n) is 3.92. The Morgan fingerprint density at radius 2 is 2.08 bits per heavy atom. The van der Waals surface area contributed by atoms with Crippen LogP contribution in [0.4, 0.5) is 10.5 Å². The zero-order valence-corrected chi connectivity index (χ0v) is 14.9. The molecule has 0 saturated carbocycles. The highest BCUT2D eigenvalue weighted by Gasteiger charge is 2.25. The number of nitrogens with zero attached hydrogens (tertiary/aromatic N) is 1. The molecular weight excluding hydrogens is 322 g/mol. The second-order valence-corrected chi connectivity index (χ2v) is 7.19. The van der Waals surface area contributed by atoms with Gasteiger partial charge in [-0.05, 0) is 51.8 Å². The first-order chi connectivity index (χ1) is 11.7. The topological polar surface area (TPSA) is 102 Å². The van der Waals surface area contributed by atoms with Gasteiger partial charge in [-0.2, -0.15) is 0 Å². The van der Waals surface area contributed by atoms with Crippen LogP contribution in [0.15, 0.2) is 18.2 Å². The summed E-state index contributed by atoms with van der Waals surface area (Å²) in [5, 5.41) is 2.88. The van der Waals surface area contributed by atoms with Crippen molar-refractivity contribution in [2.45, 2.75) is 45.3 Å². The molecule has 3 N–H and O–H groups in total. The first-order valence-electron chi connectivity index (χ1n) is 8.33. The lowest BCUT2D eigenvalue weighted by atomic mass is 10.0. The number of rotatable bonds is 4. The average Bonchev–Trinajstić information content (AvgIpc) is 2.52. The number of anilines is 1. The van der Waals surface area contributed by atoms with Crippen molar-refractivity contribution >= 4 is 24.0 Å². The molecule has 1 aliphatic heterocycles. The molecule has 1 heterocycles. The van der Waals surface area contributed by atoms with Gasteiger partial charge in [-0.1, -0.05) is 0 Å². The highest BCUT2D eigenvalue weighted by molar-refractivity contribution is 5.96. The third kappa shape index (κ3) is 5.20. The van der Waals surface area contributed by atoms with E-state index in [-0.39, 0.29) is 6.04 Å². The smallest absolute Gasteiger partial charge is 0.407 e. The summed E-state index contributed by atoms with van der Waals surface area (Å²) in [5.41, 5.74) is 6.16. The summed E-state index contributed by atoms with van der Waals surface area (Å²) in [6.07, 6.45) is 1.98. The molecule has 25 heavy (non-hydrogen) atoms. The van der Waals surface area contributed by atoms with Crippen molar-refractivity contribution in [2.24, 2.45) is 5.73 Å². The number of benzene rings is 1. The van der Waals surface area contributed by atoms with E-state index < -0.39 is 17.6 Å². The van der Waals surface area contributed by atoms with Crippen molar-refractivity contribution in [3.8, 4) is 0 Å². The second-order valence-electron chi connectivity index (χ2n) is 7.19. The Kier molecular flexibility index (Phi) is 5.66. The maximum atomic E-state index is 12.0. The van der Waals surface area contributed by atoms with E-state index in [1.807, 2.05) is 25.7 Å². The molecule has 2 amide bonds. The summed E-state index contributed by atoms with van der Waals surface area (Å²) in [4.78, 5) is 36.6. The van der Waals surface area contributed by atoms with Gasteiger partial charge in [0.25, 0.3) is 0 Å². The fraction of sp³-hybridized carbons (Fsp3) is 0.500. The molecule has 1 atom stereocenters. The molecule has 0 unspecified atom stereocenters. The Morgan fingerprint density at radius 1 is 1.36 bits per heavy atom. The minimum absolute atomic E-state index is 0.0704. The number of nitrogens with two attached hydrogens (primary N) is 1. The maximum Gasteiger partial charge on any atom is 0.407 e. The molecule has 0 spiro atoms. The van der Waals surface area contributed by atoms with Crippen LogP contribution in [0.1, 0.15) is 54.3 Å². The highest BCUT2D eigenvalue weighted by atomic mass is 16.6. The zero-order valence-electron chi connectivity index (χ0n) is 14.9. The minimum Gasteiger partial charge on any atom is -0.444 e. The fourth-order valence-corrected chi connectivity index (χ4v) is 2.88. The van der Waals surface area contributed by atoms with Gasteiger partial charge in [0.2, 0.25) is 5.91 Å². The Labute approximate surface area is 147 Å². The molecule has 7 nitrogen and oxygen atoms in total. The SMILES string of the molecule is CC(C)(C)OC(=O)N[C@H]1CCCN(c2ccc(C(N)=O)cc2C=O)C1. The molecule has 7 heteroatoms. The molecule has 0 aromatic heterocycles. The predicted octanol–water partition coefficient (Wildman–Crippen LogP) is 2.09. The number of nitrogens with one attached hydrogen (secondary N) is 1. The number of primary amides is 1. The van der Waals surface area contributed by atoms with Crippen LogP contribution >= 0.6 is 0 Å². The van der Waals surface area contributed by atoms with E-state index in [9.17, 15) is 14.4 Å². The normalized spacial score (nSPS) is 17.7. The van der Waals surface area contributed by atoms with Gasteiger partial charge in [0, 0.05) is 35.9 Å². The van der Waals surface area contributed by atoms with Crippen LogP contribution in [0, 0.1) is 0 Å². The Bertz CT molecular complexity index is 667. The van der Waals surface area contributed by atoms with Crippen molar-refractivity contribution in [2.75, 3.05) is 18.0 Å². The number of piperidine rings is 1. The second kappa shape index (κ2) is 7.55. The van der Waals surface area contributed by atoms with E-state index in [1.54, 1.807) is 12.1 Å². The van der Waals surface area contributed by atoms with Crippen LogP contribution in [-0.4, -0.2) is 43.0 Å². The minimum atomic E-state index is -0.572. The quantitative estimate of drug-likeness (QED) is 0.812. The van der Waals surface area contributed by atoms with Gasteiger partial charge >= 0.3 is 6.09 Å².